The smallest absolute Gasteiger partial charge is 0.0991 e. The first-order chi connectivity index (χ1) is 8.24. The van der Waals surface area contributed by atoms with Crippen LogP contribution in [0.1, 0.15) is 11.1 Å². The molecule has 84 valence electrons. The summed E-state index contributed by atoms with van der Waals surface area (Å²) in [5, 5.41) is 18.8. The topological polar surface area (TPSA) is 44.0 Å². The molecular weight excluding hydrogens is 234 g/mol. The van der Waals surface area contributed by atoms with E-state index in [-0.39, 0.29) is 6.61 Å². The molecule has 2 rings (SSSR count). The van der Waals surface area contributed by atoms with E-state index < -0.39 is 0 Å². The standard InChI is InChI=1S/C14H10ClNO/c15-13-5-4-12(9-17)14(7-13)11-3-1-2-10(6-11)8-16/h1-7,17H,9H2. The van der Waals surface area contributed by atoms with Gasteiger partial charge in [-0.25, -0.2) is 0 Å². The fraction of sp³-hybridized carbons (Fsp3) is 0.0714. The Hall–Kier alpha value is -1.82. The van der Waals surface area contributed by atoms with Crippen LogP contribution in [-0.4, -0.2) is 5.11 Å². The molecule has 2 nitrogen and oxygen atoms in total. The maximum atomic E-state index is 9.29. The molecule has 0 heterocycles. The highest BCUT2D eigenvalue weighted by atomic mass is 35.5. The van der Waals surface area contributed by atoms with E-state index in [4.69, 9.17) is 16.9 Å². The van der Waals surface area contributed by atoms with Gasteiger partial charge in [-0.2, -0.15) is 5.26 Å². The summed E-state index contributed by atoms with van der Waals surface area (Å²) in [4.78, 5) is 0. The van der Waals surface area contributed by atoms with Crippen LogP contribution < -0.4 is 0 Å². The van der Waals surface area contributed by atoms with Crippen molar-refractivity contribution >= 4 is 11.6 Å². The Morgan fingerprint density at radius 3 is 2.71 bits per heavy atom. The molecule has 2 aromatic carbocycles. The number of aliphatic hydroxyl groups excluding tert-OH is 1. The Bertz CT molecular complexity index is 587. The van der Waals surface area contributed by atoms with E-state index in [0.29, 0.717) is 10.6 Å². The maximum absolute atomic E-state index is 9.29. The van der Waals surface area contributed by atoms with Crippen LogP contribution in [0.5, 0.6) is 0 Å². The van der Waals surface area contributed by atoms with E-state index in [1.165, 1.54) is 0 Å². The van der Waals surface area contributed by atoms with Crippen LogP contribution in [-0.2, 0) is 6.61 Å². The molecule has 0 aliphatic carbocycles. The van der Waals surface area contributed by atoms with Crippen LogP contribution in [0.4, 0.5) is 0 Å². The fourth-order valence-electron chi connectivity index (χ4n) is 1.71. The van der Waals surface area contributed by atoms with Crippen LogP contribution >= 0.6 is 11.6 Å². The lowest BCUT2D eigenvalue weighted by atomic mass is 9.99. The number of rotatable bonds is 2. The zero-order valence-electron chi connectivity index (χ0n) is 9.02. The molecule has 0 aromatic heterocycles. The van der Waals surface area contributed by atoms with E-state index >= 15 is 0 Å². The summed E-state index contributed by atoms with van der Waals surface area (Å²) in [6.07, 6.45) is 0. The summed E-state index contributed by atoms with van der Waals surface area (Å²) in [6, 6.07) is 14.7. The quantitative estimate of drug-likeness (QED) is 0.879. The van der Waals surface area contributed by atoms with E-state index in [1.807, 2.05) is 12.1 Å². The first kappa shape index (κ1) is 11.7. The average Bonchev–Trinajstić information content (AvgIpc) is 2.39. The van der Waals surface area contributed by atoms with Gasteiger partial charge in [0.1, 0.15) is 0 Å². The number of hydrogen-bond acceptors (Lipinski definition) is 2. The SMILES string of the molecule is N#Cc1cccc(-c2cc(Cl)ccc2CO)c1. The van der Waals surface area contributed by atoms with E-state index in [1.54, 1.807) is 30.3 Å². The van der Waals surface area contributed by atoms with Gasteiger partial charge in [0.15, 0.2) is 0 Å². The third-order valence-electron chi connectivity index (χ3n) is 2.54. The minimum absolute atomic E-state index is 0.0523. The first-order valence-electron chi connectivity index (χ1n) is 5.14. The molecule has 0 unspecified atom stereocenters. The Balaban J connectivity index is 2.59. The summed E-state index contributed by atoms with van der Waals surface area (Å²) in [6.45, 7) is -0.0523. The second kappa shape index (κ2) is 5.01. The Kier molecular flexibility index (Phi) is 3.43. The fourth-order valence-corrected chi connectivity index (χ4v) is 1.88. The highest BCUT2D eigenvalue weighted by Gasteiger charge is 2.06. The highest BCUT2D eigenvalue weighted by molar-refractivity contribution is 6.30. The first-order valence-corrected chi connectivity index (χ1v) is 5.52. The van der Waals surface area contributed by atoms with Crippen LogP contribution in [0, 0.1) is 11.3 Å². The molecule has 2 aromatic rings. The van der Waals surface area contributed by atoms with E-state index in [2.05, 4.69) is 6.07 Å². The molecule has 17 heavy (non-hydrogen) atoms. The predicted octanol–water partition coefficient (Wildman–Crippen LogP) is 3.37. The van der Waals surface area contributed by atoms with Crippen molar-refractivity contribution in [3.05, 3.63) is 58.6 Å². The largest absolute Gasteiger partial charge is 0.392 e. The molecule has 0 atom stereocenters. The van der Waals surface area contributed by atoms with Crippen LogP contribution in [0.2, 0.25) is 5.02 Å². The molecule has 0 fully saturated rings. The van der Waals surface area contributed by atoms with Crippen molar-refractivity contribution in [2.75, 3.05) is 0 Å². The van der Waals surface area contributed by atoms with Crippen molar-refractivity contribution in [3.63, 3.8) is 0 Å². The third kappa shape index (κ3) is 2.47. The summed E-state index contributed by atoms with van der Waals surface area (Å²) in [5.74, 6) is 0. The van der Waals surface area contributed by atoms with Crippen molar-refractivity contribution in [2.24, 2.45) is 0 Å². The Labute approximate surface area is 105 Å². The van der Waals surface area contributed by atoms with Gasteiger partial charge in [0, 0.05) is 5.02 Å². The number of hydrogen-bond donors (Lipinski definition) is 1. The van der Waals surface area contributed by atoms with Gasteiger partial charge < -0.3 is 5.11 Å². The van der Waals surface area contributed by atoms with Crippen LogP contribution in [0.25, 0.3) is 11.1 Å². The molecule has 0 spiro atoms. The molecule has 0 aliphatic heterocycles. The lowest BCUT2D eigenvalue weighted by Crippen LogP contribution is -1.90. The number of nitriles is 1. The summed E-state index contributed by atoms with van der Waals surface area (Å²) in [7, 11) is 0. The van der Waals surface area contributed by atoms with Crippen molar-refractivity contribution in [2.45, 2.75) is 6.61 Å². The summed E-state index contributed by atoms with van der Waals surface area (Å²) < 4.78 is 0. The van der Waals surface area contributed by atoms with E-state index in [0.717, 1.165) is 16.7 Å². The molecule has 0 saturated carbocycles. The van der Waals surface area contributed by atoms with Crippen molar-refractivity contribution in [1.29, 1.82) is 5.26 Å². The Morgan fingerprint density at radius 1 is 1.18 bits per heavy atom. The summed E-state index contributed by atoms with van der Waals surface area (Å²) >= 11 is 5.95. The molecule has 0 saturated heterocycles. The summed E-state index contributed by atoms with van der Waals surface area (Å²) in [5.41, 5.74) is 3.13. The minimum atomic E-state index is -0.0523. The van der Waals surface area contributed by atoms with Crippen molar-refractivity contribution in [1.82, 2.24) is 0 Å². The molecule has 0 bridgehead atoms. The minimum Gasteiger partial charge on any atom is -0.392 e. The van der Waals surface area contributed by atoms with Gasteiger partial charge in [-0.05, 0) is 41.0 Å². The lowest BCUT2D eigenvalue weighted by Gasteiger charge is -2.08. The second-order valence-corrected chi connectivity index (χ2v) is 4.09. The zero-order chi connectivity index (χ0) is 12.3. The van der Waals surface area contributed by atoms with Gasteiger partial charge in [0.2, 0.25) is 0 Å². The molecule has 0 amide bonds. The van der Waals surface area contributed by atoms with Gasteiger partial charge in [-0.15, -0.1) is 0 Å². The third-order valence-corrected chi connectivity index (χ3v) is 2.78. The van der Waals surface area contributed by atoms with Gasteiger partial charge >= 0.3 is 0 Å². The predicted molar refractivity (Wildman–Crippen MR) is 67.5 cm³/mol. The molecule has 0 aliphatic rings. The monoisotopic (exact) mass is 243 g/mol. The lowest BCUT2D eigenvalue weighted by molar-refractivity contribution is 0.282. The van der Waals surface area contributed by atoms with Gasteiger partial charge in [0.05, 0.1) is 18.2 Å². The van der Waals surface area contributed by atoms with Crippen LogP contribution in [0.3, 0.4) is 0 Å². The zero-order valence-corrected chi connectivity index (χ0v) is 9.78. The van der Waals surface area contributed by atoms with E-state index in [9.17, 15) is 5.11 Å². The normalized spacial score (nSPS) is 9.94. The van der Waals surface area contributed by atoms with Gasteiger partial charge in [0.25, 0.3) is 0 Å². The number of benzene rings is 2. The molecule has 0 radical (unpaired) electrons. The van der Waals surface area contributed by atoms with Crippen molar-refractivity contribution in [3.8, 4) is 17.2 Å². The number of aliphatic hydroxyl groups is 1. The van der Waals surface area contributed by atoms with Gasteiger partial charge in [-0.3, -0.25) is 0 Å². The second-order valence-electron chi connectivity index (χ2n) is 3.65. The highest BCUT2D eigenvalue weighted by Crippen LogP contribution is 2.27. The molecular formula is C14H10ClNO. The number of halogens is 1. The van der Waals surface area contributed by atoms with Crippen LogP contribution in [0.15, 0.2) is 42.5 Å². The average molecular weight is 244 g/mol. The number of nitrogens with zero attached hydrogens (tertiary/aromatic N) is 1. The van der Waals surface area contributed by atoms with Crippen molar-refractivity contribution < 1.29 is 5.11 Å². The maximum Gasteiger partial charge on any atom is 0.0991 e. The molecule has 1 N–H and O–H groups in total. The molecule has 3 heteroatoms. The Morgan fingerprint density at radius 2 is 2.00 bits per heavy atom. The van der Waals surface area contributed by atoms with Gasteiger partial charge in [-0.1, -0.05) is 29.8 Å².